The smallest absolute Gasteiger partial charge is 0.306 e. The first-order valence-electron chi connectivity index (χ1n) is 9.42. The highest BCUT2D eigenvalue weighted by atomic mass is 35.5. The number of benzene rings is 3. The van der Waals surface area contributed by atoms with Crippen LogP contribution in [0, 0.1) is 6.92 Å². The topological polar surface area (TPSA) is 67.8 Å². The molecule has 1 N–H and O–H groups in total. The molecule has 5 rings (SSSR count). The van der Waals surface area contributed by atoms with Crippen LogP contribution in [0.5, 0.6) is 0 Å². The summed E-state index contributed by atoms with van der Waals surface area (Å²) in [4.78, 5) is 33.4. The van der Waals surface area contributed by atoms with Gasteiger partial charge in [-0.3, -0.25) is 9.78 Å². The van der Waals surface area contributed by atoms with Crippen LogP contribution in [0.4, 0.5) is 0 Å². The SMILES string of the molecule is Cc1cc2c(=O)n(-c3cncc4ccccc34)c(=O)[nH]c2cc1-c1ccccc1Cl. The highest BCUT2D eigenvalue weighted by Gasteiger charge is 2.15. The van der Waals surface area contributed by atoms with Crippen LogP contribution in [0.3, 0.4) is 0 Å². The molecule has 0 atom stereocenters. The van der Waals surface area contributed by atoms with Gasteiger partial charge >= 0.3 is 5.69 Å². The van der Waals surface area contributed by atoms with E-state index in [2.05, 4.69) is 9.97 Å². The maximum Gasteiger partial charge on any atom is 0.333 e. The number of fused-ring (bicyclic) bond motifs is 2. The Hall–Kier alpha value is -3.70. The molecule has 3 aromatic carbocycles. The molecule has 5 aromatic rings. The number of hydrogen-bond acceptors (Lipinski definition) is 3. The van der Waals surface area contributed by atoms with E-state index in [9.17, 15) is 9.59 Å². The normalized spacial score (nSPS) is 11.3. The molecule has 0 saturated heterocycles. The van der Waals surface area contributed by atoms with Crippen molar-refractivity contribution in [3.63, 3.8) is 0 Å². The van der Waals surface area contributed by atoms with Crippen molar-refractivity contribution in [1.82, 2.24) is 14.5 Å². The Labute approximate surface area is 176 Å². The summed E-state index contributed by atoms with van der Waals surface area (Å²) in [6, 6.07) is 18.6. The Kier molecular flexibility index (Phi) is 4.26. The summed E-state index contributed by atoms with van der Waals surface area (Å²) < 4.78 is 1.15. The van der Waals surface area contributed by atoms with Crippen molar-refractivity contribution >= 4 is 33.3 Å². The van der Waals surface area contributed by atoms with E-state index >= 15 is 0 Å². The molecule has 0 aliphatic carbocycles. The average molecular weight is 414 g/mol. The lowest BCUT2D eigenvalue weighted by Gasteiger charge is -2.12. The Balaban J connectivity index is 1.81. The zero-order chi connectivity index (χ0) is 20.8. The summed E-state index contributed by atoms with van der Waals surface area (Å²) in [7, 11) is 0. The van der Waals surface area contributed by atoms with E-state index in [0.29, 0.717) is 21.6 Å². The third-order valence-electron chi connectivity index (χ3n) is 5.29. The summed E-state index contributed by atoms with van der Waals surface area (Å²) in [6.07, 6.45) is 3.24. The minimum absolute atomic E-state index is 0.388. The molecule has 2 aromatic heterocycles. The molecule has 0 bridgehead atoms. The van der Waals surface area contributed by atoms with Crippen molar-refractivity contribution in [2.24, 2.45) is 0 Å². The van der Waals surface area contributed by atoms with Gasteiger partial charge in [0.2, 0.25) is 0 Å². The van der Waals surface area contributed by atoms with Crippen molar-refractivity contribution in [2.75, 3.05) is 0 Å². The number of aromatic nitrogens is 3. The van der Waals surface area contributed by atoms with Crippen LogP contribution in [-0.2, 0) is 0 Å². The van der Waals surface area contributed by atoms with Gasteiger partial charge in [-0.15, -0.1) is 0 Å². The van der Waals surface area contributed by atoms with E-state index in [1.54, 1.807) is 18.3 Å². The highest BCUT2D eigenvalue weighted by Crippen LogP contribution is 2.31. The van der Waals surface area contributed by atoms with Crippen molar-refractivity contribution in [1.29, 1.82) is 0 Å². The summed E-state index contributed by atoms with van der Waals surface area (Å²) in [5, 5.41) is 2.67. The molecule has 5 nitrogen and oxygen atoms in total. The van der Waals surface area contributed by atoms with Crippen molar-refractivity contribution in [3.05, 3.63) is 104 Å². The minimum Gasteiger partial charge on any atom is -0.306 e. The molecule has 30 heavy (non-hydrogen) atoms. The van der Waals surface area contributed by atoms with Crippen molar-refractivity contribution in [3.8, 4) is 16.8 Å². The van der Waals surface area contributed by atoms with E-state index in [1.807, 2.05) is 55.5 Å². The number of nitrogens with zero attached hydrogens (tertiary/aromatic N) is 2. The molecule has 0 radical (unpaired) electrons. The molecule has 0 saturated carbocycles. The summed E-state index contributed by atoms with van der Waals surface area (Å²) in [5.41, 5.74) is 2.63. The van der Waals surface area contributed by atoms with Gasteiger partial charge in [-0.05, 0) is 36.2 Å². The second-order valence-corrected chi connectivity index (χ2v) is 7.55. The number of H-pyrrole nitrogens is 1. The molecule has 0 aliphatic rings. The van der Waals surface area contributed by atoms with E-state index in [0.717, 1.165) is 32.0 Å². The van der Waals surface area contributed by atoms with Gasteiger partial charge in [-0.25, -0.2) is 9.36 Å². The number of rotatable bonds is 2. The van der Waals surface area contributed by atoms with Gasteiger partial charge in [0.05, 0.1) is 22.8 Å². The van der Waals surface area contributed by atoms with Gasteiger partial charge in [0, 0.05) is 27.6 Å². The molecule has 146 valence electrons. The maximum absolute atomic E-state index is 13.3. The van der Waals surface area contributed by atoms with Gasteiger partial charge in [-0.1, -0.05) is 54.1 Å². The third kappa shape index (κ3) is 2.83. The van der Waals surface area contributed by atoms with Gasteiger partial charge in [0.15, 0.2) is 0 Å². The van der Waals surface area contributed by atoms with Crippen LogP contribution in [0.15, 0.2) is 82.6 Å². The lowest BCUT2D eigenvalue weighted by atomic mass is 9.98. The summed E-state index contributed by atoms with van der Waals surface area (Å²) >= 11 is 6.36. The van der Waals surface area contributed by atoms with Crippen LogP contribution >= 0.6 is 11.6 Å². The lowest BCUT2D eigenvalue weighted by molar-refractivity contribution is 0.902. The van der Waals surface area contributed by atoms with Gasteiger partial charge in [-0.2, -0.15) is 0 Å². The standard InChI is InChI=1S/C24H16ClN3O2/c1-14-10-19-21(11-18(14)17-8-4-5-9-20(17)25)27-24(30)28(23(19)29)22-13-26-12-15-6-2-3-7-16(15)22/h2-13H,1H3,(H,27,30). The number of nitrogens with one attached hydrogen (secondary N) is 1. The fourth-order valence-corrected chi connectivity index (χ4v) is 4.08. The lowest BCUT2D eigenvalue weighted by Crippen LogP contribution is -2.33. The molecule has 0 spiro atoms. The number of halogens is 1. The predicted octanol–water partition coefficient (Wildman–Crippen LogP) is 4.86. The van der Waals surface area contributed by atoms with Crippen LogP contribution in [0.25, 0.3) is 38.5 Å². The van der Waals surface area contributed by atoms with Crippen molar-refractivity contribution in [2.45, 2.75) is 6.92 Å². The molecule has 0 unspecified atom stereocenters. The monoisotopic (exact) mass is 413 g/mol. The molecule has 0 aliphatic heterocycles. The van der Waals surface area contributed by atoms with E-state index < -0.39 is 5.69 Å². The van der Waals surface area contributed by atoms with E-state index in [4.69, 9.17) is 11.6 Å². The number of pyridine rings is 1. The van der Waals surface area contributed by atoms with E-state index in [1.165, 1.54) is 6.20 Å². The molecular formula is C24H16ClN3O2. The number of aryl methyl sites for hydroxylation is 1. The molecule has 0 amide bonds. The Morgan fingerprint density at radius 1 is 0.900 bits per heavy atom. The maximum atomic E-state index is 13.3. The summed E-state index contributed by atoms with van der Waals surface area (Å²) in [6.45, 7) is 1.92. The second-order valence-electron chi connectivity index (χ2n) is 7.14. The molecule has 2 heterocycles. The van der Waals surface area contributed by atoms with Crippen molar-refractivity contribution < 1.29 is 0 Å². The summed E-state index contributed by atoms with van der Waals surface area (Å²) in [5.74, 6) is 0. The largest absolute Gasteiger partial charge is 0.333 e. The zero-order valence-corrected chi connectivity index (χ0v) is 16.8. The Bertz CT molecular complexity index is 1560. The van der Waals surface area contributed by atoms with Gasteiger partial charge < -0.3 is 4.98 Å². The third-order valence-corrected chi connectivity index (χ3v) is 5.62. The van der Waals surface area contributed by atoms with Crippen LogP contribution in [-0.4, -0.2) is 14.5 Å². The highest BCUT2D eigenvalue weighted by molar-refractivity contribution is 6.33. The fraction of sp³-hybridized carbons (Fsp3) is 0.0417. The van der Waals surface area contributed by atoms with Gasteiger partial charge in [0.1, 0.15) is 0 Å². The molecule has 6 heteroatoms. The van der Waals surface area contributed by atoms with E-state index in [-0.39, 0.29) is 5.56 Å². The first-order chi connectivity index (χ1) is 14.5. The average Bonchev–Trinajstić information content (AvgIpc) is 2.75. The number of aromatic amines is 1. The first-order valence-corrected chi connectivity index (χ1v) is 9.80. The molecular weight excluding hydrogens is 398 g/mol. The second kappa shape index (κ2) is 6.97. The van der Waals surface area contributed by atoms with Gasteiger partial charge in [0.25, 0.3) is 5.56 Å². The number of hydrogen-bond donors (Lipinski definition) is 1. The van der Waals surface area contributed by atoms with Crippen LogP contribution in [0.2, 0.25) is 5.02 Å². The minimum atomic E-state index is -0.514. The van der Waals surface area contributed by atoms with Crippen LogP contribution < -0.4 is 11.2 Å². The fourth-order valence-electron chi connectivity index (χ4n) is 3.84. The van der Waals surface area contributed by atoms with Crippen LogP contribution in [0.1, 0.15) is 5.56 Å². The first kappa shape index (κ1) is 18.3. The quantitative estimate of drug-likeness (QED) is 0.449. The Morgan fingerprint density at radius 3 is 2.50 bits per heavy atom. The zero-order valence-electron chi connectivity index (χ0n) is 16.0. The molecule has 0 fully saturated rings. The predicted molar refractivity (Wildman–Crippen MR) is 121 cm³/mol. The Morgan fingerprint density at radius 2 is 1.67 bits per heavy atom.